The molecule has 0 saturated heterocycles. The molecule has 0 unspecified atom stereocenters. The van der Waals surface area contributed by atoms with Crippen molar-refractivity contribution in [3.63, 3.8) is 0 Å². The molecule has 4 heteroatoms. The smallest absolute Gasteiger partial charge is 0.181 e. The van der Waals surface area contributed by atoms with E-state index in [2.05, 4.69) is 4.98 Å². The van der Waals surface area contributed by atoms with Crippen LogP contribution in [-0.4, -0.2) is 10.8 Å². The number of anilines is 1. The molecule has 0 aliphatic carbocycles. The van der Waals surface area contributed by atoms with Gasteiger partial charge in [-0.2, -0.15) is 0 Å². The maximum atomic E-state index is 11.4. The van der Waals surface area contributed by atoms with Gasteiger partial charge in [0.15, 0.2) is 10.9 Å². The first-order valence-corrected chi connectivity index (χ1v) is 5.21. The lowest BCUT2D eigenvalue weighted by atomic mass is 10.1. The number of nitrogen functional groups attached to an aromatic ring is 1. The van der Waals surface area contributed by atoms with Crippen molar-refractivity contribution in [3.05, 3.63) is 23.8 Å². The number of carbonyl (C=O) groups is 1. The molecule has 0 aliphatic rings. The van der Waals surface area contributed by atoms with Crippen LogP contribution in [0.25, 0.3) is 10.2 Å². The average molecular weight is 206 g/mol. The van der Waals surface area contributed by atoms with Gasteiger partial charge in [-0.1, -0.05) is 18.3 Å². The van der Waals surface area contributed by atoms with Crippen LogP contribution in [0.3, 0.4) is 0 Å². The Kier molecular flexibility index (Phi) is 2.21. The van der Waals surface area contributed by atoms with E-state index in [0.717, 1.165) is 15.8 Å². The van der Waals surface area contributed by atoms with E-state index in [1.165, 1.54) is 11.3 Å². The van der Waals surface area contributed by atoms with Gasteiger partial charge in [-0.25, -0.2) is 4.98 Å². The Morgan fingerprint density at radius 3 is 3.07 bits per heavy atom. The van der Waals surface area contributed by atoms with Gasteiger partial charge in [-0.3, -0.25) is 4.79 Å². The Hall–Kier alpha value is -1.42. The molecule has 0 spiro atoms. The molecule has 1 aromatic carbocycles. The lowest BCUT2D eigenvalue weighted by Gasteiger charge is -1.96. The van der Waals surface area contributed by atoms with Crippen molar-refractivity contribution in [2.45, 2.75) is 13.3 Å². The summed E-state index contributed by atoms with van der Waals surface area (Å²) in [6.07, 6.45) is 0.528. The molecule has 1 aromatic heterocycles. The zero-order valence-corrected chi connectivity index (χ0v) is 8.60. The van der Waals surface area contributed by atoms with E-state index in [4.69, 9.17) is 5.73 Å². The predicted molar refractivity (Wildman–Crippen MR) is 58.7 cm³/mol. The van der Waals surface area contributed by atoms with E-state index in [1.807, 2.05) is 19.1 Å². The highest BCUT2D eigenvalue weighted by Crippen LogP contribution is 2.24. The molecule has 14 heavy (non-hydrogen) atoms. The number of benzene rings is 1. The maximum absolute atomic E-state index is 11.4. The van der Waals surface area contributed by atoms with Gasteiger partial charge in [0, 0.05) is 12.0 Å². The fourth-order valence-electron chi connectivity index (χ4n) is 1.32. The van der Waals surface area contributed by atoms with Crippen molar-refractivity contribution in [1.82, 2.24) is 4.98 Å². The molecular weight excluding hydrogens is 196 g/mol. The number of carbonyl (C=O) groups excluding carboxylic acids is 1. The van der Waals surface area contributed by atoms with Crippen molar-refractivity contribution in [2.75, 3.05) is 5.73 Å². The highest BCUT2D eigenvalue weighted by atomic mass is 32.1. The van der Waals surface area contributed by atoms with Crippen LogP contribution >= 0.6 is 11.3 Å². The summed E-state index contributed by atoms with van der Waals surface area (Å²) >= 11 is 1.41. The maximum Gasteiger partial charge on any atom is 0.181 e. The number of aromatic nitrogens is 1. The normalized spacial score (nSPS) is 10.6. The monoisotopic (exact) mass is 206 g/mol. The fraction of sp³-hybridized carbons (Fsp3) is 0.200. The Balaban J connectivity index is 2.55. The number of rotatable bonds is 2. The summed E-state index contributed by atoms with van der Waals surface area (Å²) in [7, 11) is 0. The summed E-state index contributed by atoms with van der Waals surface area (Å²) in [6, 6.07) is 5.49. The number of ketones is 1. The number of hydrogen-bond donors (Lipinski definition) is 1. The fourth-order valence-corrected chi connectivity index (χ4v) is 2.09. The van der Waals surface area contributed by atoms with Gasteiger partial charge in [0.1, 0.15) is 0 Å². The second-order valence-corrected chi connectivity index (χ2v) is 4.07. The minimum absolute atomic E-state index is 0.152. The summed E-state index contributed by atoms with van der Waals surface area (Å²) in [5, 5.41) is 0.543. The first-order chi connectivity index (χ1) is 6.70. The third-order valence-electron chi connectivity index (χ3n) is 2.05. The number of hydrogen-bond acceptors (Lipinski definition) is 4. The summed E-state index contributed by atoms with van der Waals surface area (Å²) in [6.45, 7) is 1.85. The molecule has 0 atom stereocenters. The number of nitrogens with zero attached hydrogens (tertiary/aromatic N) is 1. The Bertz CT molecular complexity index is 490. The molecule has 0 fully saturated rings. The number of Topliss-reactive ketones (excluding diaryl/α,β-unsaturated/α-hetero) is 1. The molecular formula is C10H10N2OS. The van der Waals surface area contributed by atoms with Crippen LogP contribution in [0.5, 0.6) is 0 Å². The second kappa shape index (κ2) is 3.38. The molecule has 0 amide bonds. The summed E-state index contributed by atoms with van der Waals surface area (Å²) in [4.78, 5) is 15.5. The first kappa shape index (κ1) is 9.15. The molecule has 0 bridgehead atoms. The molecule has 0 radical (unpaired) electrons. The largest absolute Gasteiger partial charge is 0.375 e. The summed E-state index contributed by atoms with van der Waals surface area (Å²) in [5.74, 6) is 0.152. The van der Waals surface area contributed by atoms with E-state index in [0.29, 0.717) is 11.6 Å². The van der Waals surface area contributed by atoms with E-state index >= 15 is 0 Å². The van der Waals surface area contributed by atoms with Crippen molar-refractivity contribution < 1.29 is 4.79 Å². The lowest BCUT2D eigenvalue weighted by Crippen LogP contribution is -1.94. The van der Waals surface area contributed by atoms with Crippen LogP contribution in [0.2, 0.25) is 0 Å². The number of fused-ring (bicyclic) bond motifs is 1. The third kappa shape index (κ3) is 1.48. The first-order valence-electron chi connectivity index (χ1n) is 4.40. The third-order valence-corrected chi connectivity index (χ3v) is 2.90. The quantitative estimate of drug-likeness (QED) is 0.768. The Morgan fingerprint density at radius 2 is 2.36 bits per heavy atom. The van der Waals surface area contributed by atoms with Crippen molar-refractivity contribution in [1.29, 1.82) is 0 Å². The predicted octanol–water partition coefficient (Wildman–Crippen LogP) is 2.47. The number of nitrogens with two attached hydrogens (primary N) is 1. The van der Waals surface area contributed by atoms with Crippen LogP contribution in [0.4, 0.5) is 5.13 Å². The van der Waals surface area contributed by atoms with Crippen LogP contribution in [0, 0.1) is 0 Å². The van der Waals surface area contributed by atoms with Gasteiger partial charge in [0.2, 0.25) is 0 Å². The van der Waals surface area contributed by atoms with E-state index in [9.17, 15) is 4.79 Å². The highest BCUT2D eigenvalue weighted by Gasteiger charge is 2.06. The highest BCUT2D eigenvalue weighted by molar-refractivity contribution is 7.22. The van der Waals surface area contributed by atoms with Crippen LogP contribution in [0.1, 0.15) is 23.7 Å². The topological polar surface area (TPSA) is 56.0 Å². The average Bonchev–Trinajstić information content (AvgIpc) is 2.55. The van der Waals surface area contributed by atoms with Crippen molar-refractivity contribution in [3.8, 4) is 0 Å². The minimum atomic E-state index is 0.152. The minimum Gasteiger partial charge on any atom is -0.375 e. The standard InChI is InChI=1S/C10H10N2OS/c1-2-8(13)6-3-4-7-9(5-6)14-10(11)12-7/h3-5H,2H2,1H3,(H2,11,12). The lowest BCUT2D eigenvalue weighted by molar-refractivity contribution is 0.0988. The van der Waals surface area contributed by atoms with Gasteiger partial charge in [0.05, 0.1) is 10.2 Å². The van der Waals surface area contributed by atoms with Crippen LogP contribution in [0.15, 0.2) is 18.2 Å². The Labute approximate surface area is 85.6 Å². The zero-order chi connectivity index (χ0) is 10.1. The molecule has 72 valence electrons. The van der Waals surface area contributed by atoms with E-state index in [-0.39, 0.29) is 5.78 Å². The molecule has 0 aliphatic heterocycles. The van der Waals surface area contributed by atoms with E-state index in [1.54, 1.807) is 6.07 Å². The van der Waals surface area contributed by atoms with Crippen LogP contribution in [-0.2, 0) is 0 Å². The summed E-state index contributed by atoms with van der Waals surface area (Å²) in [5.41, 5.74) is 7.17. The molecule has 2 N–H and O–H groups in total. The zero-order valence-electron chi connectivity index (χ0n) is 7.78. The van der Waals surface area contributed by atoms with Gasteiger partial charge >= 0.3 is 0 Å². The molecule has 2 aromatic rings. The number of thiazole rings is 1. The van der Waals surface area contributed by atoms with Gasteiger partial charge < -0.3 is 5.73 Å². The molecule has 0 saturated carbocycles. The summed E-state index contributed by atoms with van der Waals surface area (Å²) < 4.78 is 0.974. The second-order valence-electron chi connectivity index (χ2n) is 3.01. The van der Waals surface area contributed by atoms with Gasteiger partial charge in [-0.15, -0.1) is 0 Å². The van der Waals surface area contributed by atoms with Crippen molar-refractivity contribution >= 4 is 32.5 Å². The van der Waals surface area contributed by atoms with E-state index < -0.39 is 0 Å². The van der Waals surface area contributed by atoms with Crippen LogP contribution < -0.4 is 5.73 Å². The SMILES string of the molecule is CCC(=O)c1ccc2nc(N)sc2c1. The molecule has 2 rings (SSSR count). The molecule has 1 heterocycles. The van der Waals surface area contributed by atoms with Gasteiger partial charge in [0.25, 0.3) is 0 Å². The van der Waals surface area contributed by atoms with Gasteiger partial charge in [-0.05, 0) is 18.2 Å². The Morgan fingerprint density at radius 1 is 1.57 bits per heavy atom. The molecule has 3 nitrogen and oxygen atoms in total. The van der Waals surface area contributed by atoms with Crippen molar-refractivity contribution in [2.24, 2.45) is 0 Å².